The molecule has 5 heteroatoms. The molecule has 2 aromatic heterocycles. The van der Waals surface area contributed by atoms with E-state index in [9.17, 15) is 0 Å². The van der Waals surface area contributed by atoms with Gasteiger partial charge in [-0.15, -0.1) is 11.3 Å². The third kappa shape index (κ3) is 2.24. The van der Waals surface area contributed by atoms with Gasteiger partial charge < -0.3 is 5.73 Å². The van der Waals surface area contributed by atoms with Gasteiger partial charge in [-0.25, -0.2) is 4.98 Å². The van der Waals surface area contributed by atoms with Crippen molar-refractivity contribution in [1.82, 2.24) is 15.2 Å². The lowest BCUT2D eigenvalue weighted by Crippen LogP contribution is -2.28. The van der Waals surface area contributed by atoms with Crippen LogP contribution in [0.1, 0.15) is 44.2 Å². The molecule has 0 saturated carbocycles. The molecule has 108 valence electrons. The Kier molecular flexibility index (Phi) is 3.32. The van der Waals surface area contributed by atoms with Gasteiger partial charge in [-0.2, -0.15) is 5.10 Å². The molecule has 1 aliphatic carbocycles. The van der Waals surface area contributed by atoms with Crippen LogP contribution in [0.3, 0.4) is 0 Å². The van der Waals surface area contributed by atoms with Crippen molar-refractivity contribution < 1.29 is 0 Å². The van der Waals surface area contributed by atoms with Gasteiger partial charge in [-0.1, -0.05) is 27.2 Å². The molecule has 0 bridgehead atoms. The van der Waals surface area contributed by atoms with Gasteiger partial charge in [0, 0.05) is 4.88 Å². The Balaban J connectivity index is 1.89. The van der Waals surface area contributed by atoms with Crippen LogP contribution in [0.25, 0.3) is 10.6 Å². The number of nitrogens with zero attached hydrogens (tertiary/aromatic N) is 2. The summed E-state index contributed by atoms with van der Waals surface area (Å²) in [6.45, 7) is 7.07. The number of thiazole rings is 1. The first-order valence-electron chi connectivity index (χ1n) is 7.29. The first-order valence-corrected chi connectivity index (χ1v) is 8.10. The highest BCUT2D eigenvalue weighted by molar-refractivity contribution is 7.15. The fourth-order valence-electron chi connectivity index (χ4n) is 2.91. The Bertz CT molecular complexity index is 611. The van der Waals surface area contributed by atoms with Crippen LogP contribution < -0.4 is 5.73 Å². The number of aryl methyl sites for hydroxylation is 1. The first-order chi connectivity index (χ1) is 9.51. The summed E-state index contributed by atoms with van der Waals surface area (Å²) < 4.78 is 0. The monoisotopic (exact) mass is 290 g/mol. The number of anilines is 1. The lowest BCUT2D eigenvalue weighted by Gasteiger charge is -2.35. The maximum atomic E-state index is 5.90. The zero-order valence-electron chi connectivity index (χ0n) is 12.4. The van der Waals surface area contributed by atoms with Crippen LogP contribution in [0.4, 0.5) is 5.82 Å². The maximum absolute atomic E-state index is 5.90. The summed E-state index contributed by atoms with van der Waals surface area (Å²) in [4.78, 5) is 6.22. The maximum Gasteiger partial charge on any atom is 0.129 e. The van der Waals surface area contributed by atoms with Crippen molar-refractivity contribution in [2.24, 2.45) is 11.3 Å². The smallest absolute Gasteiger partial charge is 0.129 e. The number of H-pyrrole nitrogens is 1. The summed E-state index contributed by atoms with van der Waals surface area (Å²) in [5.41, 5.74) is 8.52. The third-order valence-electron chi connectivity index (χ3n) is 4.86. The van der Waals surface area contributed by atoms with Crippen LogP contribution in [0.2, 0.25) is 0 Å². The Morgan fingerprint density at radius 3 is 2.95 bits per heavy atom. The minimum atomic E-state index is 0.413. The quantitative estimate of drug-likeness (QED) is 0.906. The molecule has 2 aromatic rings. The Labute approximate surface area is 123 Å². The fourth-order valence-corrected chi connectivity index (χ4v) is 4.12. The molecule has 0 aromatic carbocycles. The molecule has 0 saturated heterocycles. The topological polar surface area (TPSA) is 67.6 Å². The van der Waals surface area contributed by atoms with Gasteiger partial charge in [-0.05, 0) is 30.6 Å². The second-order valence-corrected chi connectivity index (χ2v) is 7.45. The zero-order chi connectivity index (χ0) is 14.3. The largest absolute Gasteiger partial charge is 0.383 e. The van der Waals surface area contributed by atoms with E-state index in [1.165, 1.54) is 23.4 Å². The number of nitrogen functional groups attached to an aromatic ring is 1. The summed E-state index contributed by atoms with van der Waals surface area (Å²) in [6.07, 6.45) is 6.50. The van der Waals surface area contributed by atoms with E-state index in [0.717, 1.165) is 29.3 Å². The van der Waals surface area contributed by atoms with Crippen LogP contribution in [0, 0.1) is 11.3 Å². The molecule has 2 heterocycles. The molecule has 0 fully saturated rings. The average molecular weight is 290 g/mol. The van der Waals surface area contributed by atoms with Gasteiger partial charge in [0.2, 0.25) is 0 Å². The number of rotatable bonds is 3. The van der Waals surface area contributed by atoms with E-state index in [1.54, 1.807) is 17.5 Å². The number of fused-ring (bicyclic) bond motifs is 1. The summed E-state index contributed by atoms with van der Waals surface area (Å²) in [5, 5.41) is 7.78. The molecule has 0 aliphatic heterocycles. The van der Waals surface area contributed by atoms with Crippen LogP contribution >= 0.6 is 11.3 Å². The van der Waals surface area contributed by atoms with Crippen molar-refractivity contribution in [3.63, 3.8) is 0 Å². The molecular formula is C15H22N4S. The molecule has 3 N–H and O–H groups in total. The van der Waals surface area contributed by atoms with Crippen molar-refractivity contribution in [2.45, 2.75) is 46.5 Å². The lowest BCUT2D eigenvalue weighted by molar-refractivity contribution is 0.183. The summed E-state index contributed by atoms with van der Waals surface area (Å²) in [6, 6.07) is 0. The Hall–Kier alpha value is -1.36. The average Bonchev–Trinajstić information content (AvgIpc) is 3.02. The van der Waals surface area contributed by atoms with E-state index in [0.29, 0.717) is 11.2 Å². The van der Waals surface area contributed by atoms with Crippen LogP contribution in [0.5, 0.6) is 0 Å². The van der Waals surface area contributed by atoms with E-state index in [4.69, 9.17) is 10.7 Å². The second kappa shape index (κ2) is 4.88. The highest BCUT2D eigenvalue weighted by Gasteiger charge is 2.32. The highest BCUT2D eigenvalue weighted by Crippen LogP contribution is 2.42. The standard InChI is InChI=1S/C15H22N4S/c1-4-15(2,3)9-5-6-11-12(7-9)20-14(18-11)10-8-17-19-13(10)16/h8-9H,4-7H2,1-3H3,(H3,16,17,19). The molecule has 20 heavy (non-hydrogen) atoms. The van der Waals surface area contributed by atoms with Crippen molar-refractivity contribution in [3.05, 3.63) is 16.8 Å². The highest BCUT2D eigenvalue weighted by atomic mass is 32.1. The number of nitrogens with two attached hydrogens (primary N) is 1. The lowest BCUT2D eigenvalue weighted by atomic mass is 9.70. The summed E-state index contributed by atoms with van der Waals surface area (Å²) >= 11 is 1.79. The third-order valence-corrected chi connectivity index (χ3v) is 6.01. The van der Waals surface area contributed by atoms with Crippen molar-refractivity contribution in [1.29, 1.82) is 0 Å². The van der Waals surface area contributed by atoms with Crippen LogP contribution in [0.15, 0.2) is 6.20 Å². The first kappa shape index (κ1) is 13.6. The van der Waals surface area contributed by atoms with Crippen LogP contribution in [-0.4, -0.2) is 15.2 Å². The molecule has 1 aliphatic rings. The zero-order valence-corrected chi connectivity index (χ0v) is 13.2. The van der Waals surface area contributed by atoms with E-state index in [2.05, 4.69) is 31.0 Å². The number of hydrogen-bond donors (Lipinski definition) is 2. The number of hydrogen-bond acceptors (Lipinski definition) is 4. The normalized spacial score (nSPS) is 19.1. The second-order valence-electron chi connectivity index (χ2n) is 6.37. The molecule has 1 unspecified atom stereocenters. The minimum Gasteiger partial charge on any atom is -0.383 e. The predicted octanol–water partition coefficient (Wildman–Crippen LogP) is 3.66. The van der Waals surface area contributed by atoms with E-state index < -0.39 is 0 Å². The molecule has 4 nitrogen and oxygen atoms in total. The Morgan fingerprint density at radius 1 is 1.50 bits per heavy atom. The number of aromatic amines is 1. The van der Waals surface area contributed by atoms with Crippen molar-refractivity contribution in [3.8, 4) is 10.6 Å². The molecule has 1 atom stereocenters. The van der Waals surface area contributed by atoms with Crippen molar-refractivity contribution in [2.75, 3.05) is 5.73 Å². The molecule has 3 rings (SSSR count). The van der Waals surface area contributed by atoms with E-state index in [-0.39, 0.29) is 0 Å². The fraction of sp³-hybridized carbons (Fsp3) is 0.600. The van der Waals surface area contributed by atoms with Gasteiger partial charge >= 0.3 is 0 Å². The Morgan fingerprint density at radius 2 is 2.30 bits per heavy atom. The number of nitrogens with one attached hydrogen (secondary N) is 1. The van der Waals surface area contributed by atoms with Gasteiger partial charge in [0.05, 0.1) is 17.5 Å². The summed E-state index contributed by atoms with van der Waals surface area (Å²) in [7, 11) is 0. The SMILES string of the molecule is CCC(C)(C)C1CCc2nc(-c3cn[nH]c3N)sc2C1. The minimum absolute atomic E-state index is 0.413. The molecule has 0 spiro atoms. The predicted molar refractivity (Wildman–Crippen MR) is 83.7 cm³/mol. The van der Waals surface area contributed by atoms with Gasteiger partial charge in [0.15, 0.2) is 0 Å². The van der Waals surface area contributed by atoms with Crippen LogP contribution in [-0.2, 0) is 12.8 Å². The van der Waals surface area contributed by atoms with Crippen molar-refractivity contribution >= 4 is 17.2 Å². The van der Waals surface area contributed by atoms with Gasteiger partial charge in [-0.3, -0.25) is 5.10 Å². The molecule has 0 radical (unpaired) electrons. The molecule has 0 amide bonds. The number of aromatic nitrogens is 3. The van der Waals surface area contributed by atoms with E-state index in [1.807, 2.05) is 0 Å². The van der Waals surface area contributed by atoms with Gasteiger partial charge in [0.1, 0.15) is 10.8 Å². The molecular weight excluding hydrogens is 268 g/mol. The van der Waals surface area contributed by atoms with Gasteiger partial charge in [0.25, 0.3) is 0 Å². The summed E-state index contributed by atoms with van der Waals surface area (Å²) in [5.74, 6) is 1.37. The van der Waals surface area contributed by atoms with E-state index >= 15 is 0 Å².